The molecule has 3 heterocycles. The van der Waals surface area contributed by atoms with E-state index in [1.165, 1.54) is 12.3 Å². The van der Waals surface area contributed by atoms with Crippen molar-refractivity contribution in [3.8, 4) is 11.3 Å². The summed E-state index contributed by atoms with van der Waals surface area (Å²) in [7, 11) is -4.95. The standard InChI is InChI=1S/C30H28ClF3N4O3S/c1-17-8-18(2)16-38(15-17)27-5-3-4-26(37-27)24-7-6-19-13-35-22(12-25(19)28(24)32)14-36-29(39)20-9-21(31)11-23(10-20)42(40,41)30(33)34/h3-7,9-13,17-18,30H,8,14-16H2,1-2H3,(H,36,39)/t17-,18+. The van der Waals surface area contributed by atoms with Gasteiger partial charge in [0.05, 0.1) is 22.8 Å². The summed E-state index contributed by atoms with van der Waals surface area (Å²) < 4.78 is 65.5. The molecule has 0 unspecified atom stereocenters. The van der Waals surface area contributed by atoms with Gasteiger partial charge < -0.3 is 10.2 Å². The van der Waals surface area contributed by atoms with E-state index in [4.69, 9.17) is 16.6 Å². The van der Waals surface area contributed by atoms with Crippen LogP contribution in [0.1, 0.15) is 36.3 Å². The van der Waals surface area contributed by atoms with Gasteiger partial charge in [-0.2, -0.15) is 8.78 Å². The molecule has 42 heavy (non-hydrogen) atoms. The Labute approximate surface area is 246 Å². The molecule has 1 aliphatic heterocycles. The lowest BCUT2D eigenvalue weighted by molar-refractivity contribution is 0.0950. The Hall–Kier alpha value is -3.70. The second-order valence-corrected chi connectivity index (χ2v) is 13.1. The van der Waals surface area contributed by atoms with Gasteiger partial charge in [0.1, 0.15) is 11.6 Å². The minimum Gasteiger partial charge on any atom is -0.356 e. The van der Waals surface area contributed by atoms with Crippen molar-refractivity contribution in [2.75, 3.05) is 18.0 Å². The van der Waals surface area contributed by atoms with E-state index < -0.39 is 32.2 Å². The third-order valence-corrected chi connectivity index (χ3v) is 8.80. The molecule has 1 N–H and O–H groups in total. The molecular weight excluding hydrogens is 589 g/mol. The fourth-order valence-corrected chi connectivity index (χ4v) is 6.44. The number of fused-ring (bicyclic) bond motifs is 1. The number of amides is 1. The summed E-state index contributed by atoms with van der Waals surface area (Å²) in [6, 6.07) is 13.3. The second-order valence-electron chi connectivity index (χ2n) is 10.7. The van der Waals surface area contributed by atoms with Crippen LogP contribution in [0.5, 0.6) is 0 Å². The van der Waals surface area contributed by atoms with Crippen LogP contribution in [0, 0.1) is 17.7 Å². The van der Waals surface area contributed by atoms with Crippen LogP contribution in [0.2, 0.25) is 5.02 Å². The van der Waals surface area contributed by atoms with Crippen LogP contribution in [0.4, 0.5) is 19.0 Å². The predicted octanol–water partition coefficient (Wildman–Crippen LogP) is 6.50. The summed E-state index contributed by atoms with van der Waals surface area (Å²) in [5, 5.41) is 3.19. The number of piperidine rings is 1. The van der Waals surface area contributed by atoms with Crippen LogP contribution < -0.4 is 10.2 Å². The van der Waals surface area contributed by atoms with Crippen molar-refractivity contribution < 1.29 is 26.4 Å². The molecule has 1 fully saturated rings. The number of nitrogens with one attached hydrogen (secondary N) is 1. The molecular formula is C30H28ClF3N4O3S. The Morgan fingerprint density at radius 2 is 1.83 bits per heavy atom. The fourth-order valence-electron chi connectivity index (χ4n) is 5.35. The van der Waals surface area contributed by atoms with Crippen molar-refractivity contribution in [2.24, 2.45) is 11.8 Å². The third kappa shape index (κ3) is 6.22. The zero-order valence-corrected chi connectivity index (χ0v) is 24.4. The minimum atomic E-state index is -4.95. The number of sulfone groups is 1. The predicted molar refractivity (Wildman–Crippen MR) is 156 cm³/mol. The van der Waals surface area contributed by atoms with Crippen LogP contribution in [-0.4, -0.2) is 43.1 Å². The zero-order chi connectivity index (χ0) is 30.2. The molecule has 1 aliphatic rings. The first-order chi connectivity index (χ1) is 19.9. The molecule has 12 heteroatoms. The molecule has 7 nitrogen and oxygen atoms in total. The minimum absolute atomic E-state index is 0.138. The molecule has 220 valence electrons. The SMILES string of the molecule is C[C@@H]1C[C@H](C)CN(c2cccc(-c3ccc4cnc(CNC(=O)c5cc(Cl)cc(S(=O)(=O)C(F)F)c5)cc4c3F)n2)C1. The van der Waals surface area contributed by atoms with Gasteiger partial charge in [0.25, 0.3) is 5.91 Å². The van der Waals surface area contributed by atoms with Crippen molar-refractivity contribution in [2.45, 2.75) is 37.5 Å². The Balaban J connectivity index is 1.38. The van der Waals surface area contributed by atoms with E-state index in [0.717, 1.165) is 43.5 Å². The maximum absolute atomic E-state index is 15.9. The summed E-state index contributed by atoms with van der Waals surface area (Å²) in [6.07, 6.45) is 2.64. The molecule has 2 aromatic carbocycles. The number of carbonyl (C=O) groups is 1. The Morgan fingerprint density at radius 3 is 2.55 bits per heavy atom. The zero-order valence-electron chi connectivity index (χ0n) is 22.8. The molecule has 0 saturated carbocycles. The monoisotopic (exact) mass is 616 g/mol. The van der Waals surface area contributed by atoms with Crippen LogP contribution in [0.15, 0.2) is 65.7 Å². The van der Waals surface area contributed by atoms with Crippen molar-refractivity contribution in [3.63, 3.8) is 0 Å². The van der Waals surface area contributed by atoms with Gasteiger partial charge in [-0.05, 0) is 60.7 Å². The molecule has 5 rings (SSSR count). The lowest BCUT2D eigenvalue weighted by atomic mass is 9.92. The van der Waals surface area contributed by atoms with E-state index in [-0.39, 0.29) is 22.5 Å². The lowest BCUT2D eigenvalue weighted by Crippen LogP contribution is -2.39. The van der Waals surface area contributed by atoms with Crippen molar-refractivity contribution in [3.05, 3.63) is 82.9 Å². The Kier molecular flexibility index (Phi) is 8.43. The Morgan fingerprint density at radius 1 is 1.10 bits per heavy atom. The summed E-state index contributed by atoms with van der Waals surface area (Å²) >= 11 is 5.89. The van der Waals surface area contributed by atoms with Gasteiger partial charge in [0.15, 0.2) is 0 Å². The molecule has 1 amide bonds. The molecule has 2 aromatic heterocycles. The van der Waals surface area contributed by atoms with Gasteiger partial charge in [0.2, 0.25) is 9.84 Å². The maximum atomic E-state index is 15.9. The fraction of sp³-hybridized carbons (Fsp3) is 0.300. The van der Waals surface area contributed by atoms with Gasteiger partial charge in [-0.1, -0.05) is 37.6 Å². The van der Waals surface area contributed by atoms with Gasteiger partial charge in [-0.25, -0.2) is 17.8 Å². The van der Waals surface area contributed by atoms with Crippen LogP contribution in [0.25, 0.3) is 22.0 Å². The molecule has 0 spiro atoms. The number of alkyl halides is 2. The highest BCUT2D eigenvalue weighted by atomic mass is 35.5. The molecule has 0 bridgehead atoms. The molecule has 0 aliphatic carbocycles. The van der Waals surface area contributed by atoms with E-state index in [1.807, 2.05) is 12.1 Å². The highest BCUT2D eigenvalue weighted by Crippen LogP contribution is 2.31. The van der Waals surface area contributed by atoms with E-state index in [0.29, 0.717) is 34.2 Å². The lowest BCUT2D eigenvalue weighted by Gasteiger charge is -2.36. The van der Waals surface area contributed by atoms with E-state index in [1.54, 1.807) is 18.2 Å². The first-order valence-electron chi connectivity index (χ1n) is 13.3. The smallest absolute Gasteiger partial charge is 0.341 e. The topological polar surface area (TPSA) is 92.3 Å². The number of hydrogen-bond donors (Lipinski definition) is 1. The Bertz CT molecular complexity index is 1760. The molecule has 4 aromatic rings. The van der Waals surface area contributed by atoms with Crippen molar-refractivity contribution >= 4 is 43.9 Å². The van der Waals surface area contributed by atoms with E-state index >= 15 is 4.39 Å². The average molecular weight is 617 g/mol. The number of anilines is 1. The van der Waals surface area contributed by atoms with Gasteiger partial charge >= 0.3 is 5.76 Å². The number of pyridine rings is 2. The van der Waals surface area contributed by atoms with Gasteiger partial charge in [0, 0.05) is 46.2 Å². The number of rotatable bonds is 7. The van der Waals surface area contributed by atoms with Crippen LogP contribution >= 0.6 is 11.6 Å². The summed E-state index contributed by atoms with van der Waals surface area (Å²) in [5.41, 5.74) is 0.932. The normalized spacial score (nSPS) is 17.5. The van der Waals surface area contributed by atoms with Crippen LogP contribution in [-0.2, 0) is 16.4 Å². The summed E-state index contributed by atoms with van der Waals surface area (Å²) in [6.45, 7) is 6.07. The number of halogens is 4. The molecule has 2 atom stereocenters. The number of aromatic nitrogens is 2. The van der Waals surface area contributed by atoms with Gasteiger partial charge in [-0.3, -0.25) is 9.78 Å². The number of nitrogens with zero attached hydrogens (tertiary/aromatic N) is 3. The highest BCUT2D eigenvalue weighted by molar-refractivity contribution is 7.91. The molecule has 1 saturated heterocycles. The number of hydrogen-bond acceptors (Lipinski definition) is 6. The first kappa shape index (κ1) is 29.8. The maximum Gasteiger partial charge on any atom is 0.341 e. The first-order valence-corrected chi connectivity index (χ1v) is 15.2. The number of carbonyl (C=O) groups excluding carboxylic acids is 1. The summed E-state index contributed by atoms with van der Waals surface area (Å²) in [5.74, 6) is -3.03. The highest BCUT2D eigenvalue weighted by Gasteiger charge is 2.28. The quantitative estimate of drug-likeness (QED) is 0.255. The van der Waals surface area contributed by atoms with E-state index in [2.05, 4.69) is 29.0 Å². The second kappa shape index (κ2) is 11.9. The average Bonchev–Trinajstić information content (AvgIpc) is 2.95. The largest absolute Gasteiger partial charge is 0.356 e. The van der Waals surface area contributed by atoms with Crippen LogP contribution in [0.3, 0.4) is 0 Å². The number of benzene rings is 2. The summed E-state index contributed by atoms with van der Waals surface area (Å²) in [4.78, 5) is 23.2. The van der Waals surface area contributed by atoms with Crippen molar-refractivity contribution in [1.29, 1.82) is 0 Å². The molecule has 0 radical (unpaired) electrons. The van der Waals surface area contributed by atoms with Crippen molar-refractivity contribution in [1.82, 2.24) is 15.3 Å². The van der Waals surface area contributed by atoms with Gasteiger partial charge in [-0.15, -0.1) is 0 Å². The third-order valence-electron chi connectivity index (χ3n) is 7.22. The van der Waals surface area contributed by atoms with E-state index in [9.17, 15) is 22.0 Å².